The number of ketones is 1. The lowest BCUT2D eigenvalue weighted by molar-refractivity contribution is -0.140. The average Bonchev–Trinajstić information content (AvgIpc) is 2.97. The van der Waals surface area contributed by atoms with E-state index in [0.29, 0.717) is 24.2 Å². The van der Waals surface area contributed by atoms with Crippen LogP contribution in [0.3, 0.4) is 0 Å². The van der Waals surface area contributed by atoms with Gasteiger partial charge in [-0.05, 0) is 61.3 Å². The lowest BCUT2D eigenvalue weighted by Gasteiger charge is -2.27. The number of Topliss-reactive ketones (excluding diaryl/α,β-unsaturated/α-hetero) is 1. The van der Waals surface area contributed by atoms with Gasteiger partial charge in [0.2, 0.25) is 0 Å². The second-order valence-electron chi connectivity index (χ2n) is 9.63. The number of hydrogen-bond acceptors (Lipinski definition) is 4. The Morgan fingerprint density at radius 3 is 2.25 bits per heavy atom. The third-order valence-corrected chi connectivity index (χ3v) is 5.85. The fourth-order valence-electron chi connectivity index (χ4n) is 3.88. The molecule has 1 aliphatic heterocycles. The monoisotopic (exact) mass is 438 g/mol. The number of benzene rings is 2. The summed E-state index contributed by atoms with van der Waals surface area (Å²) in [5.41, 5.74) is 2.52. The molecule has 5 nitrogen and oxygen atoms in total. The van der Waals surface area contributed by atoms with Crippen molar-refractivity contribution in [3.05, 3.63) is 76.1 Å². The highest BCUT2D eigenvalue weighted by Gasteiger charge is 2.46. The van der Waals surface area contributed by atoms with Crippen LogP contribution in [0.1, 0.15) is 49.1 Å². The van der Waals surface area contributed by atoms with Crippen molar-refractivity contribution in [1.82, 2.24) is 9.80 Å². The van der Waals surface area contributed by atoms with Gasteiger partial charge in [0.05, 0.1) is 11.6 Å². The number of carbonyl (C=O) groups excluding carboxylic acids is 2. The van der Waals surface area contributed by atoms with Gasteiger partial charge >= 0.3 is 0 Å². The molecule has 0 spiro atoms. The number of aryl methyl sites for hydroxylation is 1. The first-order valence-corrected chi connectivity index (χ1v) is 10.7. The Bertz CT molecular complexity index is 1070. The van der Waals surface area contributed by atoms with E-state index in [2.05, 4.69) is 20.8 Å². The minimum atomic E-state index is -0.729. The number of likely N-dealkylation sites (N-methyl/N-ethyl adjacent to an activating group) is 1. The van der Waals surface area contributed by atoms with E-state index in [-0.39, 0.29) is 16.7 Å². The van der Waals surface area contributed by atoms with E-state index in [0.717, 1.165) is 11.1 Å². The van der Waals surface area contributed by atoms with Crippen LogP contribution < -0.4 is 0 Å². The van der Waals surface area contributed by atoms with Gasteiger partial charge in [-0.2, -0.15) is 0 Å². The van der Waals surface area contributed by atoms with Crippen LogP contribution in [0, 0.1) is 12.7 Å². The first kappa shape index (κ1) is 23.7. The van der Waals surface area contributed by atoms with Crippen LogP contribution in [0.5, 0.6) is 0 Å². The topological polar surface area (TPSA) is 60.9 Å². The molecule has 2 aromatic rings. The Morgan fingerprint density at radius 2 is 1.72 bits per heavy atom. The van der Waals surface area contributed by atoms with Gasteiger partial charge in [0.1, 0.15) is 11.6 Å². The van der Waals surface area contributed by atoms with Crippen LogP contribution in [0.2, 0.25) is 0 Å². The van der Waals surface area contributed by atoms with Gasteiger partial charge in [-0.3, -0.25) is 9.59 Å². The summed E-state index contributed by atoms with van der Waals surface area (Å²) in [5.74, 6) is -2.06. The van der Waals surface area contributed by atoms with Gasteiger partial charge < -0.3 is 14.9 Å². The van der Waals surface area contributed by atoms with E-state index in [4.69, 9.17) is 0 Å². The molecule has 32 heavy (non-hydrogen) atoms. The first-order valence-electron chi connectivity index (χ1n) is 10.7. The molecule has 1 saturated heterocycles. The van der Waals surface area contributed by atoms with E-state index >= 15 is 0 Å². The number of hydrogen-bond donors (Lipinski definition) is 1. The summed E-state index contributed by atoms with van der Waals surface area (Å²) in [7, 11) is 3.79. The molecule has 1 amide bonds. The van der Waals surface area contributed by atoms with Crippen LogP contribution in [0.15, 0.2) is 48.0 Å². The van der Waals surface area contributed by atoms with Crippen molar-refractivity contribution in [2.24, 2.45) is 0 Å². The molecular weight excluding hydrogens is 407 g/mol. The van der Waals surface area contributed by atoms with Crippen molar-refractivity contribution >= 4 is 17.4 Å². The van der Waals surface area contributed by atoms with E-state index in [1.807, 2.05) is 43.3 Å². The lowest BCUT2D eigenvalue weighted by atomic mass is 9.85. The largest absolute Gasteiger partial charge is 0.507 e. The number of nitrogens with zero attached hydrogens (tertiary/aromatic N) is 2. The zero-order valence-corrected chi connectivity index (χ0v) is 19.6. The summed E-state index contributed by atoms with van der Waals surface area (Å²) in [5, 5.41) is 11.1. The second-order valence-corrected chi connectivity index (χ2v) is 9.63. The Balaban J connectivity index is 2.15. The highest BCUT2D eigenvalue weighted by atomic mass is 19.1. The Morgan fingerprint density at radius 1 is 1.09 bits per heavy atom. The van der Waals surface area contributed by atoms with Crippen LogP contribution in [0.4, 0.5) is 4.39 Å². The normalized spacial score (nSPS) is 18.6. The molecule has 1 atom stereocenters. The summed E-state index contributed by atoms with van der Waals surface area (Å²) >= 11 is 0. The zero-order chi connectivity index (χ0) is 23.8. The maximum atomic E-state index is 13.8. The first-order chi connectivity index (χ1) is 14.9. The SMILES string of the molecule is Cc1cc(/C(O)=C2/C(=O)C(=O)N(CCN(C)C)C2c2ccc(C(C)(C)C)cc2)ccc1F. The molecule has 1 unspecified atom stereocenters. The molecule has 1 heterocycles. The number of rotatable bonds is 5. The molecule has 6 heteroatoms. The molecule has 1 N–H and O–H groups in total. The summed E-state index contributed by atoms with van der Waals surface area (Å²) < 4.78 is 13.8. The summed E-state index contributed by atoms with van der Waals surface area (Å²) in [6.07, 6.45) is 0. The molecule has 2 aromatic carbocycles. The van der Waals surface area contributed by atoms with Gasteiger partial charge in [0.15, 0.2) is 0 Å². The highest BCUT2D eigenvalue weighted by molar-refractivity contribution is 6.46. The number of aliphatic hydroxyl groups is 1. The maximum Gasteiger partial charge on any atom is 0.295 e. The van der Waals surface area contributed by atoms with Crippen molar-refractivity contribution in [3.8, 4) is 0 Å². The van der Waals surface area contributed by atoms with Gasteiger partial charge in [-0.25, -0.2) is 4.39 Å². The van der Waals surface area contributed by atoms with Crippen molar-refractivity contribution in [1.29, 1.82) is 0 Å². The molecule has 0 saturated carbocycles. The van der Waals surface area contributed by atoms with E-state index in [9.17, 15) is 19.1 Å². The molecule has 1 aliphatic rings. The van der Waals surface area contributed by atoms with E-state index < -0.39 is 23.5 Å². The third-order valence-electron chi connectivity index (χ3n) is 5.85. The summed E-state index contributed by atoms with van der Waals surface area (Å²) in [6.45, 7) is 8.83. The van der Waals surface area contributed by atoms with Crippen molar-refractivity contribution < 1.29 is 19.1 Å². The van der Waals surface area contributed by atoms with Gasteiger partial charge in [-0.15, -0.1) is 0 Å². The Hall–Kier alpha value is -2.99. The average molecular weight is 439 g/mol. The molecule has 0 aromatic heterocycles. The number of halogens is 1. The molecule has 0 aliphatic carbocycles. The minimum Gasteiger partial charge on any atom is -0.507 e. The van der Waals surface area contributed by atoms with Crippen LogP contribution in [0.25, 0.3) is 5.76 Å². The van der Waals surface area contributed by atoms with Gasteiger partial charge in [-0.1, -0.05) is 45.0 Å². The highest BCUT2D eigenvalue weighted by Crippen LogP contribution is 2.40. The second kappa shape index (κ2) is 8.87. The predicted octanol–water partition coefficient (Wildman–Crippen LogP) is 4.41. The van der Waals surface area contributed by atoms with E-state index in [1.165, 1.54) is 23.1 Å². The quantitative estimate of drug-likeness (QED) is 0.427. The standard InChI is InChI=1S/C26H31FN2O3/c1-16-15-18(9-12-20(16)27)23(30)21-22(17-7-10-19(11-8-17)26(2,3)4)29(14-13-28(5)6)25(32)24(21)31/h7-12,15,22,30H,13-14H2,1-6H3/b23-21-. The third kappa shape index (κ3) is 4.60. The predicted molar refractivity (Wildman–Crippen MR) is 124 cm³/mol. The molecule has 0 radical (unpaired) electrons. The Kier molecular flexibility index (Phi) is 6.56. The fraction of sp³-hybridized carbons (Fsp3) is 0.385. The van der Waals surface area contributed by atoms with Crippen LogP contribution in [-0.2, 0) is 15.0 Å². The van der Waals surface area contributed by atoms with Crippen LogP contribution in [-0.4, -0.2) is 53.8 Å². The number of carbonyl (C=O) groups is 2. The number of aliphatic hydroxyl groups excluding tert-OH is 1. The van der Waals surface area contributed by atoms with Crippen molar-refractivity contribution in [2.75, 3.05) is 27.2 Å². The Labute approximate surface area is 189 Å². The number of amides is 1. The van der Waals surface area contributed by atoms with E-state index in [1.54, 1.807) is 6.92 Å². The van der Waals surface area contributed by atoms with Crippen molar-refractivity contribution in [2.45, 2.75) is 39.2 Å². The lowest BCUT2D eigenvalue weighted by Crippen LogP contribution is -2.35. The maximum absolute atomic E-state index is 13.8. The molecule has 3 rings (SSSR count). The summed E-state index contributed by atoms with van der Waals surface area (Å²) in [6, 6.07) is 11.2. The smallest absolute Gasteiger partial charge is 0.295 e. The molecule has 0 bridgehead atoms. The molecular formula is C26H31FN2O3. The summed E-state index contributed by atoms with van der Waals surface area (Å²) in [4.78, 5) is 29.4. The van der Waals surface area contributed by atoms with Crippen LogP contribution >= 0.6 is 0 Å². The fourth-order valence-corrected chi connectivity index (χ4v) is 3.88. The zero-order valence-electron chi connectivity index (χ0n) is 19.6. The van der Waals surface area contributed by atoms with Gasteiger partial charge in [0.25, 0.3) is 11.7 Å². The molecule has 170 valence electrons. The molecule has 1 fully saturated rings. The van der Waals surface area contributed by atoms with Crippen molar-refractivity contribution in [3.63, 3.8) is 0 Å². The minimum absolute atomic E-state index is 0.0308. The van der Waals surface area contributed by atoms with Gasteiger partial charge in [0, 0.05) is 18.7 Å². The number of likely N-dealkylation sites (tertiary alicyclic amines) is 1.